The van der Waals surface area contributed by atoms with Crippen LogP contribution in [0.15, 0.2) is 82.2 Å². The molecule has 6 nitrogen and oxygen atoms in total. The molecule has 0 bridgehead atoms. The molecular weight excluding hydrogens is 420 g/mol. The van der Waals surface area contributed by atoms with Gasteiger partial charge in [-0.2, -0.15) is 0 Å². The van der Waals surface area contributed by atoms with Gasteiger partial charge in [0.05, 0.1) is 15.7 Å². The Balaban J connectivity index is 1.59. The van der Waals surface area contributed by atoms with E-state index in [4.69, 9.17) is 4.42 Å². The second kappa shape index (κ2) is 6.61. The molecule has 0 aliphatic heterocycles. The topological polar surface area (TPSA) is 77.0 Å². The highest BCUT2D eigenvalue weighted by atomic mass is 79.9. The zero-order chi connectivity index (χ0) is 19.1. The fourth-order valence-electron chi connectivity index (χ4n) is 3.10. The minimum absolute atomic E-state index is 0.0668. The van der Waals surface area contributed by atoms with Gasteiger partial charge >= 0.3 is 0 Å². The molecule has 0 unspecified atom stereocenters. The van der Waals surface area contributed by atoms with Gasteiger partial charge in [0.25, 0.3) is 0 Å². The van der Waals surface area contributed by atoms with Gasteiger partial charge < -0.3 is 9.52 Å². The summed E-state index contributed by atoms with van der Waals surface area (Å²) in [4.78, 5) is 4.60. The first kappa shape index (κ1) is 16.7. The Kier molecular flexibility index (Phi) is 3.95. The van der Waals surface area contributed by atoms with Crippen molar-refractivity contribution >= 4 is 27.0 Å². The van der Waals surface area contributed by atoms with Gasteiger partial charge in [-0.05, 0) is 51.3 Å². The van der Waals surface area contributed by atoms with E-state index in [2.05, 4.69) is 31.1 Å². The predicted molar refractivity (Wildman–Crippen MR) is 109 cm³/mol. The quantitative estimate of drug-likeness (QED) is 0.423. The Hall–Kier alpha value is -3.45. The molecule has 0 saturated carbocycles. The zero-order valence-corrected chi connectivity index (χ0v) is 16.0. The fraction of sp³-hybridized carbons (Fsp3) is 0. The number of benzene rings is 3. The number of oxazole rings is 1. The number of aromatic nitrogens is 4. The number of phenols is 1. The van der Waals surface area contributed by atoms with Crippen LogP contribution in [0.1, 0.15) is 0 Å². The lowest BCUT2D eigenvalue weighted by atomic mass is 10.1. The molecule has 5 aromatic rings. The molecule has 2 aromatic heterocycles. The van der Waals surface area contributed by atoms with Gasteiger partial charge in [-0.1, -0.05) is 30.3 Å². The van der Waals surface area contributed by atoms with Crippen molar-refractivity contribution in [3.8, 4) is 34.0 Å². The molecule has 0 spiro atoms. The number of fused-ring (bicyclic) bond motifs is 1. The van der Waals surface area contributed by atoms with E-state index in [1.807, 2.05) is 48.5 Å². The van der Waals surface area contributed by atoms with Crippen molar-refractivity contribution in [2.24, 2.45) is 0 Å². The first-order valence-corrected chi connectivity index (χ1v) is 9.32. The van der Waals surface area contributed by atoms with Crippen molar-refractivity contribution in [2.45, 2.75) is 0 Å². The number of hydrogen-bond donors (Lipinski definition) is 1. The average molecular weight is 433 g/mol. The molecule has 0 atom stereocenters. The second-order valence-electron chi connectivity index (χ2n) is 6.26. The molecule has 136 valence electrons. The van der Waals surface area contributed by atoms with E-state index in [-0.39, 0.29) is 5.75 Å². The summed E-state index contributed by atoms with van der Waals surface area (Å²) in [7, 11) is 0. The Morgan fingerprint density at radius 1 is 0.893 bits per heavy atom. The third kappa shape index (κ3) is 2.86. The van der Waals surface area contributed by atoms with E-state index in [0.29, 0.717) is 22.6 Å². The maximum atomic E-state index is 10.5. The highest BCUT2D eigenvalue weighted by Gasteiger charge is 2.16. The van der Waals surface area contributed by atoms with Crippen LogP contribution in [0.3, 0.4) is 0 Å². The molecule has 0 radical (unpaired) electrons. The summed E-state index contributed by atoms with van der Waals surface area (Å²) in [6.07, 6.45) is 3.13. The van der Waals surface area contributed by atoms with E-state index < -0.39 is 0 Å². The molecule has 28 heavy (non-hydrogen) atoms. The molecule has 5 rings (SSSR count). The minimum Gasteiger partial charge on any atom is -0.507 e. The Morgan fingerprint density at radius 2 is 1.68 bits per heavy atom. The van der Waals surface area contributed by atoms with Crippen LogP contribution in [0.4, 0.5) is 0 Å². The number of phenolic OH excluding ortho intramolecular Hbond substituents is 1. The van der Waals surface area contributed by atoms with Crippen LogP contribution in [-0.2, 0) is 0 Å². The summed E-state index contributed by atoms with van der Waals surface area (Å²) in [6.45, 7) is 0. The van der Waals surface area contributed by atoms with E-state index >= 15 is 0 Å². The van der Waals surface area contributed by atoms with Crippen molar-refractivity contribution in [1.29, 1.82) is 0 Å². The molecule has 0 saturated heterocycles. The van der Waals surface area contributed by atoms with Gasteiger partial charge in [-0.15, -0.1) is 10.2 Å². The molecule has 3 aromatic carbocycles. The first-order valence-electron chi connectivity index (χ1n) is 8.53. The minimum atomic E-state index is 0.0668. The van der Waals surface area contributed by atoms with Crippen LogP contribution in [0.2, 0.25) is 0 Å². The Morgan fingerprint density at radius 3 is 2.43 bits per heavy atom. The third-order valence-electron chi connectivity index (χ3n) is 4.48. The summed E-state index contributed by atoms with van der Waals surface area (Å²) >= 11 is 3.57. The number of nitrogens with zero attached hydrogens (tertiary/aromatic N) is 4. The lowest BCUT2D eigenvalue weighted by Gasteiger charge is -2.04. The van der Waals surface area contributed by atoms with Crippen molar-refractivity contribution in [2.75, 3.05) is 0 Å². The van der Waals surface area contributed by atoms with Crippen LogP contribution < -0.4 is 0 Å². The lowest BCUT2D eigenvalue weighted by Crippen LogP contribution is -1.90. The number of aromatic hydroxyl groups is 1. The standard InChI is InChI=1S/C21H13BrN4O2/c22-17-8-14(13-4-2-1-3-5-13)9-18-20(17)28-21(25-18)16-7-6-15(10-19(16)27)26-11-23-24-12-26/h1-12,27H. The third-order valence-corrected chi connectivity index (χ3v) is 5.07. The van der Waals surface area contributed by atoms with Gasteiger partial charge in [0.2, 0.25) is 5.89 Å². The molecule has 1 N–H and O–H groups in total. The van der Waals surface area contributed by atoms with Crippen molar-refractivity contribution in [1.82, 2.24) is 19.7 Å². The van der Waals surface area contributed by atoms with E-state index in [1.54, 1.807) is 29.4 Å². The van der Waals surface area contributed by atoms with Crippen LogP contribution in [0.5, 0.6) is 5.75 Å². The number of halogens is 1. The predicted octanol–water partition coefficient (Wildman–Crippen LogP) is 5.21. The largest absolute Gasteiger partial charge is 0.507 e. The van der Waals surface area contributed by atoms with Crippen molar-refractivity contribution < 1.29 is 9.52 Å². The normalized spacial score (nSPS) is 11.2. The smallest absolute Gasteiger partial charge is 0.231 e. The Labute approximate surface area is 168 Å². The highest BCUT2D eigenvalue weighted by molar-refractivity contribution is 9.10. The summed E-state index contributed by atoms with van der Waals surface area (Å²) in [5, 5.41) is 18.1. The lowest BCUT2D eigenvalue weighted by molar-refractivity contribution is 0.473. The van der Waals surface area contributed by atoms with Crippen LogP contribution in [-0.4, -0.2) is 24.9 Å². The molecule has 0 amide bonds. The number of rotatable bonds is 3. The maximum absolute atomic E-state index is 10.5. The second-order valence-corrected chi connectivity index (χ2v) is 7.12. The average Bonchev–Trinajstić information content (AvgIpc) is 3.39. The SMILES string of the molecule is Oc1cc(-n2cnnc2)ccc1-c1nc2cc(-c3ccccc3)cc(Br)c2o1. The van der Waals surface area contributed by atoms with Gasteiger partial charge in [0.1, 0.15) is 23.9 Å². The van der Waals surface area contributed by atoms with Gasteiger partial charge in [0, 0.05) is 6.07 Å². The van der Waals surface area contributed by atoms with Crippen molar-refractivity contribution in [3.63, 3.8) is 0 Å². The fourth-order valence-corrected chi connectivity index (χ4v) is 3.63. The van der Waals surface area contributed by atoms with Gasteiger partial charge in [-0.25, -0.2) is 4.98 Å². The van der Waals surface area contributed by atoms with Crippen LogP contribution in [0, 0.1) is 0 Å². The molecule has 7 heteroatoms. The van der Waals surface area contributed by atoms with Crippen LogP contribution in [0.25, 0.3) is 39.4 Å². The van der Waals surface area contributed by atoms with E-state index in [0.717, 1.165) is 21.3 Å². The first-order chi connectivity index (χ1) is 13.7. The van der Waals surface area contributed by atoms with Crippen molar-refractivity contribution in [3.05, 3.63) is 77.8 Å². The zero-order valence-electron chi connectivity index (χ0n) is 14.5. The molecule has 2 heterocycles. The summed E-state index contributed by atoms with van der Waals surface area (Å²) < 4.78 is 8.45. The Bertz CT molecular complexity index is 1280. The van der Waals surface area contributed by atoms with Gasteiger partial charge in [-0.3, -0.25) is 4.57 Å². The molecule has 0 fully saturated rings. The summed E-state index contributed by atoms with van der Waals surface area (Å²) in [6, 6.07) is 19.3. The number of hydrogen-bond acceptors (Lipinski definition) is 5. The van der Waals surface area contributed by atoms with E-state index in [9.17, 15) is 5.11 Å². The molecule has 0 aliphatic rings. The summed E-state index contributed by atoms with van der Waals surface area (Å²) in [5.41, 5.74) is 4.74. The molecule has 0 aliphatic carbocycles. The highest BCUT2D eigenvalue weighted by Crippen LogP contribution is 2.37. The van der Waals surface area contributed by atoms with Crippen LogP contribution >= 0.6 is 15.9 Å². The summed E-state index contributed by atoms with van der Waals surface area (Å²) in [5.74, 6) is 0.422. The monoisotopic (exact) mass is 432 g/mol. The van der Waals surface area contributed by atoms with E-state index in [1.165, 1.54) is 0 Å². The van der Waals surface area contributed by atoms with Gasteiger partial charge in [0.15, 0.2) is 5.58 Å². The molecular formula is C21H13BrN4O2. The maximum Gasteiger partial charge on any atom is 0.231 e.